The Morgan fingerprint density at radius 1 is 1.58 bits per heavy atom. The lowest BCUT2D eigenvalue weighted by Gasteiger charge is -2.26. The van der Waals surface area contributed by atoms with Gasteiger partial charge in [-0.1, -0.05) is 6.92 Å². The standard InChI is InChI=1S/C9H16O2S/c1-2-8(9(10)11)7-3-5-12-6-4-7/h7-8H,2-6H2,1H3,(H,10,11). The van der Waals surface area contributed by atoms with E-state index >= 15 is 0 Å². The summed E-state index contributed by atoms with van der Waals surface area (Å²) in [5, 5.41) is 8.92. The molecule has 1 saturated heterocycles. The van der Waals surface area contributed by atoms with Gasteiger partial charge in [0.25, 0.3) is 0 Å². The zero-order valence-corrected chi connectivity index (χ0v) is 8.27. The fourth-order valence-corrected chi connectivity index (χ4v) is 2.97. The van der Waals surface area contributed by atoms with E-state index in [9.17, 15) is 4.79 Å². The molecule has 70 valence electrons. The average molecular weight is 188 g/mol. The Balaban J connectivity index is 2.46. The molecule has 1 aliphatic rings. The highest BCUT2D eigenvalue weighted by molar-refractivity contribution is 7.99. The van der Waals surface area contributed by atoms with E-state index in [4.69, 9.17) is 5.11 Å². The first kappa shape index (κ1) is 9.90. The molecule has 1 rings (SSSR count). The lowest BCUT2D eigenvalue weighted by Crippen LogP contribution is -2.26. The van der Waals surface area contributed by atoms with Crippen LogP contribution in [0.4, 0.5) is 0 Å². The largest absolute Gasteiger partial charge is 0.481 e. The Kier molecular flexibility index (Phi) is 3.92. The molecular formula is C9H16O2S. The quantitative estimate of drug-likeness (QED) is 0.738. The zero-order valence-electron chi connectivity index (χ0n) is 7.45. The molecule has 2 nitrogen and oxygen atoms in total. The number of carboxylic acid groups (broad SMARTS) is 1. The van der Waals surface area contributed by atoms with Crippen LogP contribution in [0, 0.1) is 11.8 Å². The van der Waals surface area contributed by atoms with Crippen molar-refractivity contribution in [1.82, 2.24) is 0 Å². The molecule has 0 aromatic rings. The minimum absolute atomic E-state index is 0.0918. The third kappa shape index (κ3) is 2.41. The van der Waals surface area contributed by atoms with Gasteiger partial charge in [-0.3, -0.25) is 4.79 Å². The molecule has 1 atom stereocenters. The van der Waals surface area contributed by atoms with E-state index in [-0.39, 0.29) is 5.92 Å². The van der Waals surface area contributed by atoms with E-state index in [0.717, 1.165) is 30.8 Å². The van der Waals surface area contributed by atoms with Gasteiger partial charge in [0.15, 0.2) is 0 Å². The fourth-order valence-electron chi connectivity index (χ4n) is 1.83. The average Bonchev–Trinajstić information content (AvgIpc) is 2.07. The summed E-state index contributed by atoms with van der Waals surface area (Å²) >= 11 is 1.95. The number of carboxylic acids is 1. The topological polar surface area (TPSA) is 37.3 Å². The van der Waals surface area contributed by atoms with Gasteiger partial charge in [-0.2, -0.15) is 11.8 Å². The molecule has 1 aliphatic heterocycles. The molecule has 0 radical (unpaired) electrons. The van der Waals surface area contributed by atoms with Crippen LogP contribution in [0.15, 0.2) is 0 Å². The van der Waals surface area contributed by atoms with Crippen LogP contribution >= 0.6 is 11.8 Å². The van der Waals surface area contributed by atoms with Crippen molar-refractivity contribution in [1.29, 1.82) is 0 Å². The number of hydrogen-bond acceptors (Lipinski definition) is 2. The summed E-state index contributed by atoms with van der Waals surface area (Å²) in [5.41, 5.74) is 0. The van der Waals surface area contributed by atoms with Crippen molar-refractivity contribution >= 4 is 17.7 Å². The number of aliphatic carboxylic acids is 1. The van der Waals surface area contributed by atoms with Crippen molar-refractivity contribution in [2.45, 2.75) is 26.2 Å². The summed E-state index contributed by atoms with van der Waals surface area (Å²) in [4.78, 5) is 10.8. The number of thioether (sulfide) groups is 1. The third-order valence-electron chi connectivity index (χ3n) is 2.59. The van der Waals surface area contributed by atoms with Gasteiger partial charge >= 0.3 is 5.97 Å². The molecule has 0 bridgehead atoms. The highest BCUT2D eigenvalue weighted by atomic mass is 32.2. The maximum atomic E-state index is 10.8. The maximum absolute atomic E-state index is 10.8. The molecule has 0 aliphatic carbocycles. The minimum Gasteiger partial charge on any atom is -0.481 e. The van der Waals surface area contributed by atoms with E-state index < -0.39 is 5.97 Å². The van der Waals surface area contributed by atoms with Gasteiger partial charge in [-0.05, 0) is 36.7 Å². The Morgan fingerprint density at radius 2 is 2.17 bits per heavy atom. The molecule has 1 heterocycles. The van der Waals surface area contributed by atoms with E-state index in [1.165, 1.54) is 0 Å². The predicted molar refractivity (Wildman–Crippen MR) is 51.5 cm³/mol. The molecule has 1 fully saturated rings. The lowest BCUT2D eigenvalue weighted by atomic mass is 9.86. The van der Waals surface area contributed by atoms with Crippen LogP contribution in [0.2, 0.25) is 0 Å². The highest BCUT2D eigenvalue weighted by Gasteiger charge is 2.27. The molecule has 1 N–H and O–H groups in total. The molecular weight excluding hydrogens is 172 g/mol. The molecule has 0 spiro atoms. The number of hydrogen-bond donors (Lipinski definition) is 1. The van der Waals surface area contributed by atoms with E-state index in [0.29, 0.717) is 5.92 Å². The van der Waals surface area contributed by atoms with Crippen LogP contribution in [0.25, 0.3) is 0 Å². The number of rotatable bonds is 3. The molecule has 0 saturated carbocycles. The second-order valence-corrected chi connectivity index (χ2v) is 4.53. The first-order valence-electron chi connectivity index (χ1n) is 4.56. The van der Waals surface area contributed by atoms with Gasteiger partial charge in [0.2, 0.25) is 0 Å². The minimum atomic E-state index is -0.602. The molecule has 3 heteroatoms. The van der Waals surface area contributed by atoms with Crippen LogP contribution < -0.4 is 0 Å². The SMILES string of the molecule is CCC(C(=O)O)C1CCSCC1. The smallest absolute Gasteiger partial charge is 0.306 e. The van der Waals surface area contributed by atoms with Gasteiger partial charge < -0.3 is 5.11 Å². The number of carbonyl (C=O) groups is 1. The Labute approximate surface area is 77.7 Å². The molecule has 0 aromatic carbocycles. The molecule has 1 unspecified atom stereocenters. The van der Waals surface area contributed by atoms with Crippen LogP contribution in [0.3, 0.4) is 0 Å². The summed E-state index contributed by atoms with van der Waals surface area (Å²) in [6.07, 6.45) is 2.97. The van der Waals surface area contributed by atoms with E-state index in [2.05, 4.69) is 0 Å². The van der Waals surface area contributed by atoms with Crippen molar-refractivity contribution < 1.29 is 9.90 Å². The Morgan fingerprint density at radius 3 is 2.58 bits per heavy atom. The van der Waals surface area contributed by atoms with E-state index in [1.54, 1.807) is 0 Å². The maximum Gasteiger partial charge on any atom is 0.306 e. The molecule has 0 aromatic heterocycles. The van der Waals surface area contributed by atoms with Crippen LogP contribution in [-0.4, -0.2) is 22.6 Å². The molecule has 0 amide bonds. The predicted octanol–water partition coefficient (Wildman–Crippen LogP) is 2.24. The van der Waals surface area contributed by atoms with Gasteiger partial charge in [-0.25, -0.2) is 0 Å². The van der Waals surface area contributed by atoms with Crippen molar-refractivity contribution in [3.8, 4) is 0 Å². The summed E-state index contributed by atoms with van der Waals surface area (Å²) in [5.74, 6) is 2.04. The highest BCUT2D eigenvalue weighted by Crippen LogP contribution is 2.30. The van der Waals surface area contributed by atoms with Gasteiger partial charge in [-0.15, -0.1) is 0 Å². The Bertz CT molecular complexity index is 153. The lowest BCUT2D eigenvalue weighted by molar-refractivity contribution is -0.143. The zero-order chi connectivity index (χ0) is 8.97. The van der Waals surface area contributed by atoms with Crippen molar-refractivity contribution in [3.05, 3.63) is 0 Å². The van der Waals surface area contributed by atoms with Crippen LogP contribution in [0.1, 0.15) is 26.2 Å². The van der Waals surface area contributed by atoms with Crippen LogP contribution in [-0.2, 0) is 4.79 Å². The van der Waals surface area contributed by atoms with Gasteiger partial charge in [0.1, 0.15) is 0 Å². The Hall–Kier alpha value is -0.180. The second kappa shape index (κ2) is 4.75. The fraction of sp³-hybridized carbons (Fsp3) is 0.889. The first-order valence-corrected chi connectivity index (χ1v) is 5.71. The summed E-state index contributed by atoms with van der Waals surface area (Å²) in [7, 11) is 0. The monoisotopic (exact) mass is 188 g/mol. The van der Waals surface area contributed by atoms with Crippen molar-refractivity contribution in [2.75, 3.05) is 11.5 Å². The van der Waals surface area contributed by atoms with Gasteiger partial charge in [0.05, 0.1) is 5.92 Å². The van der Waals surface area contributed by atoms with Crippen molar-refractivity contribution in [3.63, 3.8) is 0 Å². The van der Waals surface area contributed by atoms with Gasteiger partial charge in [0, 0.05) is 0 Å². The summed E-state index contributed by atoms with van der Waals surface area (Å²) in [6.45, 7) is 1.97. The van der Waals surface area contributed by atoms with E-state index in [1.807, 2.05) is 18.7 Å². The normalized spacial score (nSPS) is 22.1. The van der Waals surface area contributed by atoms with Crippen molar-refractivity contribution in [2.24, 2.45) is 11.8 Å². The summed E-state index contributed by atoms with van der Waals surface area (Å²) in [6, 6.07) is 0. The summed E-state index contributed by atoms with van der Waals surface area (Å²) < 4.78 is 0. The second-order valence-electron chi connectivity index (χ2n) is 3.30. The third-order valence-corrected chi connectivity index (χ3v) is 3.64. The molecule has 12 heavy (non-hydrogen) atoms. The first-order chi connectivity index (χ1) is 5.75. The van der Waals surface area contributed by atoms with Crippen LogP contribution in [0.5, 0.6) is 0 Å².